The predicted molar refractivity (Wildman–Crippen MR) is 164 cm³/mol. The highest BCUT2D eigenvalue weighted by Gasteiger charge is 2.60. The number of hydrogen-bond acceptors (Lipinski definition) is 7. The lowest BCUT2D eigenvalue weighted by molar-refractivity contribution is -0.136. The SMILES string of the molecule is [C-]#[N+]c1ccc(N2C(=O)C3(CCC3)N(c3ccc(OCC)c(-c4nn5c(CCC)nc(C)c5c(=O)[nH]4)n3)C2=S)cc1C(F)(F)F. The molecule has 6 rings (SSSR count). The van der Waals surface area contributed by atoms with Gasteiger partial charge in [-0.15, -0.1) is 5.10 Å². The van der Waals surface area contributed by atoms with Crippen molar-refractivity contribution in [3.05, 3.63) is 69.2 Å². The Hall–Kier alpha value is -4.84. The molecule has 0 atom stereocenters. The normalized spacial score (nSPS) is 16.0. The van der Waals surface area contributed by atoms with Crippen molar-refractivity contribution < 1.29 is 22.7 Å². The molecule has 2 fully saturated rings. The van der Waals surface area contributed by atoms with E-state index in [4.69, 9.17) is 28.5 Å². The number of anilines is 2. The number of aromatic amines is 1. The van der Waals surface area contributed by atoms with Crippen LogP contribution in [-0.2, 0) is 17.4 Å². The van der Waals surface area contributed by atoms with Crippen LogP contribution < -0.4 is 20.1 Å². The third-order valence-corrected chi connectivity index (χ3v) is 8.43. The molecule has 0 radical (unpaired) electrons. The third-order valence-electron chi connectivity index (χ3n) is 8.07. The van der Waals surface area contributed by atoms with Crippen molar-refractivity contribution in [1.29, 1.82) is 0 Å². The number of aryl methyl sites for hydroxylation is 2. The summed E-state index contributed by atoms with van der Waals surface area (Å²) in [5, 5.41) is 4.61. The molecule has 4 heterocycles. The minimum absolute atomic E-state index is 0.0571. The van der Waals surface area contributed by atoms with Crippen molar-refractivity contribution in [3.8, 4) is 17.3 Å². The summed E-state index contributed by atoms with van der Waals surface area (Å²) < 4.78 is 48.8. The molecule has 1 saturated carbocycles. The number of fused-ring (bicyclic) bond motifs is 1. The van der Waals surface area contributed by atoms with E-state index in [0.29, 0.717) is 48.5 Å². The summed E-state index contributed by atoms with van der Waals surface area (Å²) in [5.41, 5.74) is -2.37. The maximum absolute atomic E-state index is 14.0. The summed E-state index contributed by atoms with van der Waals surface area (Å²) in [7, 11) is 0. The van der Waals surface area contributed by atoms with Gasteiger partial charge in [0.05, 0.1) is 24.4 Å². The Morgan fingerprint density at radius 3 is 2.53 bits per heavy atom. The number of pyridine rings is 1. The quantitative estimate of drug-likeness (QED) is 0.201. The van der Waals surface area contributed by atoms with Gasteiger partial charge in [0.15, 0.2) is 27.8 Å². The smallest absolute Gasteiger partial charge is 0.407 e. The Bertz CT molecular complexity index is 1980. The molecule has 1 N–H and O–H groups in total. The summed E-state index contributed by atoms with van der Waals surface area (Å²) in [4.78, 5) is 44.9. The number of benzene rings is 1. The minimum Gasteiger partial charge on any atom is -0.491 e. The number of imidazole rings is 1. The van der Waals surface area contributed by atoms with Crippen LogP contribution in [0.4, 0.5) is 30.4 Å². The van der Waals surface area contributed by atoms with Crippen molar-refractivity contribution in [1.82, 2.24) is 24.6 Å². The molecule has 3 aromatic heterocycles. The lowest BCUT2D eigenvalue weighted by Crippen LogP contribution is -2.55. The van der Waals surface area contributed by atoms with Crippen LogP contribution in [0.3, 0.4) is 0 Å². The van der Waals surface area contributed by atoms with E-state index in [1.165, 1.54) is 10.6 Å². The van der Waals surface area contributed by atoms with Gasteiger partial charge in [-0.2, -0.15) is 13.2 Å². The second-order valence-electron chi connectivity index (χ2n) is 10.8. The highest BCUT2D eigenvalue weighted by Crippen LogP contribution is 2.49. The molecule has 4 aromatic rings. The minimum atomic E-state index is -4.81. The fourth-order valence-corrected chi connectivity index (χ4v) is 6.34. The Morgan fingerprint density at radius 1 is 1.16 bits per heavy atom. The molecule has 15 heteroatoms. The Labute approximate surface area is 260 Å². The number of amides is 1. The largest absolute Gasteiger partial charge is 0.491 e. The molecule has 0 unspecified atom stereocenters. The molecule has 1 aromatic carbocycles. The van der Waals surface area contributed by atoms with Gasteiger partial charge in [-0.25, -0.2) is 19.3 Å². The number of ether oxygens (including phenoxy) is 1. The summed E-state index contributed by atoms with van der Waals surface area (Å²) >= 11 is 5.76. The van der Waals surface area contributed by atoms with Crippen molar-refractivity contribution in [2.45, 2.75) is 64.6 Å². The molecule has 11 nitrogen and oxygen atoms in total. The first-order chi connectivity index (χ1) is 21.4. The monoisotopic (exact) mass is 636 g/mol. The van der Waals surface area contributed by atoms with E-state index in [0.717, 1.165) is 23.5 Å². The van der Waals surface area contributed by atoms with Gasteiger partial charge in [0.25, 0.3) is 11.5 Å². The van der Waals surface area contributed by atoms with Crippen molar-refractivity contribution >= 4 is 45.9 Å². The van der Waals surface area contributed by atoms with Crippen LogP contribution in [0.1, 0.15) is 56.6 Å². The summed E-state index contributed by atoms with van der Waals surface area (Å²) in [6.07, 6.45) is -1.95. The number of H-pyrrole nitrogens is 1. The van der Waals surface area contributed by atoms with Gasteiger partial charge in [0.1, 0.15) is 22.9 Å². The van der Waals surface area contributed by atoms with Crippen molar-refractivity contribution in [3.63, 3.8) is 0 Å². The van der Waals surface area contributed by atoms with Gasteiger partial charge in [-0.3, -0.25) is 19.4 Å². The van der Waals surface area contributed by atoms with Crippen LogP contribution in [0, 0.1) is 13.5 Å². The molecular weight excluding hydrogens is 609 g/mol. The summed E-state index contributed by atoms with van der Waals surface area (Å²) in [6, 6.07) is 6.33. The summed E-state index contributed by atoms with van der Waals surface area (Å²) in [6.45, 7) is 13.0. The first-order valence-electron chi connectivity index (χ1n) is 14.3. The van der Waals surface area contributed by atoms with Crippen LogP contribution >= 0.6 is 12.2 Å². The van der Waals surface area contributed by atoms with Crippen LogP contribution in [0.2, 0.25) is 0 Å². The summed E-state index contributed by atoms with van der Waals surface area (Å²) in [5.74, 6) is 0.794. The fraction of sp³-hybridized carbons (Fsp3) is 0.367. The van der Waals surface area contributed by atoms with Crippen LogP contribution in [0.15, 0.2) is 35.1 Å². The number of alkyl halides is 3. The first-order valence-corrected chi connectivity index (χ1v) is 14.8. The number of hydrogen-bond donors (Lipinski definition) is 1. The fourth-order valence-electron chi connectivity index (χ4n) is 5.89. The molecule has 1 saturated heterocycles. The number of nitrogens with zero attached hydrogens (tertiary/aromatic N) is 7. The second kappa shape index (κ2) is 11.0. The van der Waals surface area contributed by atoms with Gasteiger partial charge in [-0.1, -0.05) is 13.0 Å². The average molecular weight is 637 g/mol. The standard InChI is InChI=1S/C30H27F3N8O3S/c1-5-8-22-35-16(3)24-26(42)37-25(38-41(22)24)23-20(44-6-2)11-12-21(36-23)40-28(45)39(27(43)29(40)13-7-14-29)17-9-10-19(34-4)18(15-17)30(31,32)33/h9-12,15H,5-8,13-14H2,1-3H3,(H,37,38,42). The van der Waals surface area contributed by atoms with Gasteiger partial charge in [0.2, 0.25) is 0 Å². The van der Waals surface area contributed by atoms with E-state index >= 15 is 0 Å². The van der Waals surface area contributed by atoms with Crippen molar-refractivity contribution in [2.75, 3.05) is 16.4 Å². The average Bonchev–Trinajstić information content (AvgIpc) is 3.42. The van der Waals surface area contributed by atoms with E-state index in [1.54, 1.807) is 30.9 Å². The Kier molecular flexibility index (Phi) is 7.35. The molecule has 1 spiro atoms. The van der Waals surface area contributed by atoms with E-state index in [2.05, 4.69) is 19.9 Å². The molecule has 2 aliphatic rings. The van der Waals surface area contributed by atoms with E-state index in [1.807, 2.05) is 6.92 Å². The Morgan fingerprint density at radius 2 is 1.91 bits per heavy atom. The number of carbonyl (C=O) groups is 1. The van der Waals surface area contributed by atoms with Crippen molar-refractivity contribution in [2.24, 2.45) is 0 Å². The molecule has 45 heavy (non-hydrogen) atoms. The van der Waals surface area contributed by atoms with E-state index in [9.17, 15) is 22.8 Å². The zero-order chi connectivity index (χ0) is 32.3. The molecule has 1 aliphatic carbocycles. The second-order valence-corrected chi connectivity index (χ2v) is 11.2. The third kappa shape index (κ3) is 4.71. The zero-order valence-corrected chi connectivity index (χ0v) is 25.3. The lowest BCUT2D eigenvalue weighted by Gasteiger charge is -2.42. The van der Waals surface area contributed by atoms with Gasteiger partial charge >= 0.3 is 6.18 Å². The number of thiocarbonyl (C=S) groups is 1. The number of nitrogens with one attached hydrogen (secondary N) is 1. The van der Waals surface area contributed by atoms with Crippen LogP contribution in [-0.4, -0.2) is 47.7 Å². The van der Waals surface area contributed by atoms with E-state index in [-0.39, 0.29) is 34.7 Å². The maximum atomic E-state index is 14.0. The number of rotatable bonds is 7. The molecule has 232 valence electrons. The highest BCUT2D eigenvalue weighted by molar-refractivity contribution is 7.81. The molecule has 1 amide bonds. The number of carbonyl (C=O) groups excluding carboxylic acids is 1. The zero-order valence-electron chi connectivity index (χ0n) is 24.5. The number of aromatic nitrogens is 5. The molecular formula is C30H27F3N8O3S. The predicted octanol–water partition coefficient (Wildman–Crippen LogP) is 5.77. The van der Waals surface area contributed by atoms with Crippen LogP contribution in [0.25, 0.3) is 21.9 Å². The molecule has 0 bridgehead atoms. The van der Waals surface area contributed by atoms with Gasteiger partial charge < -0.3 is 9.72 Å². The first kappa shape index (κ1) is 30.2. The topological polar surface area (TPSA) is 113 Å². The van der Waals surface area contributed by atoms with Gasteiger partial charge in [0, 0.05) is 12.1 Å². The molecule has 1 aliphatic heterocycles. The number of halogens is 3. The maximum Gasteiger partial charge on any atom is 0.407 e. The Balaban J connectivity index is 1.49. The van der Waals surface area contributed by atoms with E-state index < -0.39 is 34.4 Å². The highest BCUT2D eigenvalue weighted by atomic mass is 32.1. The lowest BCUT2D eigenvalue weighted by atomic mass is 9.75. The van der Waals surface area contributed by atoms with Gasteiger partial charge in [-0.05, 0) is 76.0 Å². The van der Waals surface area contributed by atoms with Crippen LogP contribution in [0.5, 0.6) is 5.75 Å².